The van der Waals surface area contributed by atoms with Crippen molar-refractivity contribution in [2.45, 2.75) is 44.2 Å². The van der Waals surface area contributed by atoms with Gasteiger partial charge in [0.15, 0.2) is 6.29 Å². The number of hydrogen-bond acceptors (Lipinski definition) is 5. The lowest BCUT2D eigenvalue weighted by atomic mass is 9.99. The Morgan fingerprint density at radius 3 is 2.30 bits per heavy atom. The first-order chi connectivity index (χ1) is 9.67. The van der Waals surface area contributed by atoms with E-state index in [2.05, 4.69) is 0 Å². The van der Waals surface area contributed by atoms with Gasteiger partial charge in [-0.05, 0) is 12.5 Å². The van der Waals surface area contributed by atoms with Crippen LogP contribution < -0.4 is 0 Å². The van der Waals surface area contributed by atoms with E-state index in [1.54, 1.807) is 7.11 Å². The maximum Gasteiger partial charge on any atom is 0.184 e. The largest absolute Gasteiger partial charge is 0.376 e. The second-order valence-electron chi connectivity index (χ2n) is 4.89. The molecule has 0 radical (unpaired) electrons. The van der Waals surface area contributed by atoms with Crippen LogP contribution in [0.15, 0.2) is 30.3 Å². The van der Waals surface area contributed by atoms with Crippen molar-refractivity contribution in [3.05, 3.63) is 35.9 Å². The summed E-state index contributed by atoms with van der Waals surface area (Å²) in [6, 6.07) is 9.90. The van der Waals surface area contributed by atoms with E-state index in [1.807, 2.05) is 37.3 Å². The van der Waals surface area contributed by atoms with E-state index in [0.29, 0.717) is 6.61 Å². The molecule has 0 aromatic heterocycles. The van der Waals surface area contributed by atoms with E-state index in [0.717, 1.165) is 5.56 Å². The molecule has 2 rings (SSSR count). The van der Waals surface area contributed by atoms with Gasteiger partial charge in [-0.15, -0.1) is 0 Å². The average molecular weight is 282 g/mol. The van der Waals surface area contributed by atoms with Crippen LogP contribution in [0.25, 0.3) is 0 Å². The Labute approximate surface area is 119 Å². The minimum absolute atomic E-state index is 0.273. The van der Waals surface area contributed by atoms with Gasteiger partial charge in [-0.3, -0.25) is 0 Å². The molecule has 1 saturated heterocycles. The van der Waals surface area contributed by atoms with Gasteiger partial charge in [-0.1, -0.05) is 30.3 Å². The van der Waals surface area contributed by atoms with Gasteiger partial charge in [0.25, 0.3) is 0 Å². The van der Waals surface area contributed by atoms with E-state index < -0.39 is 12.4 Å². The lowest BCUT2D eigenvalue weighted by Crippen LogP contribution is -2.58. The summed E-state index contributed by atoms with van der Waals surface area (Å²) in [6.45, 7) is 2.32. The molecule has 5 atom stereocenters. The number of benzene rings is 1. The molecule has 0 bridgehead atoms. The molecule has 0 saturated carbocycles. The van der Waals surface area contributed by atoms with Gasteiger partial charge >= 0.3 is 0 Å². The Hall–Kier alpha value is -0.980. The van der Waals surface area contributed by atoms with Crippen LogP contribution in [0.4, 0.5) is 0 Å². The average Bonchev–Trinajstić information content (AvgIpc) is 2.46. The number of aliphatic hydroxyl groups excluding tert-OH is 1. The summed E-state index contributed by atoms with van der Waals surface area (Å²) in [4.78, 5) is 0. The van der Waals surface area contributed by atoms with Crippen LogP contribution in [0.2, 0.25) is 0 Å². The predicted octanol–water partition coefficient (Wildman–Crippen LogP) is 1.34. The zero-order valence-corrected chi connectivity index (χ0v) is 12.1. The van der Waals surface area contributed by atoms with Crippen LogP contribution >= 0.6 is 0 Å². The molecule has 0 amide bonds. The summed E-state index contributed by atoms with van der Waals surface area (Å²) in [5.74, 6) is 0. The summed E-state index contributed by atoms with van der Waals surface area (Å²) in [6.07, 6.45) is -2.51. The molecule has 1 aliphatic heterocycles. The van der Waals surface area contributed by atoms with Crippen LogP contribution in [-0.4, -0.2) is 50.0 Å². The van der Waals surface area contributed by atoms with Gasteiger partial charge in [-0.2, -0.15) is 0 Å². The third-order valence-electron chi connectivity index (χ3n) is 3.57. The molecule has 112 valence electrons. The molecule has 5 nitrogen and oxygen atoms in total. The van der Waals surface area contributed by atoms with Crippen molar-refractivity contribution in [2.75, 3.05) is 14.2 Å². The Kier molecular flexibility index (Phi) is 5.51. The number of hydrogen-bond donors (Lipinski definition) is 1. The molecule has 1 fully saturated rings. The molecule has 1 aliphatic rings. The first-order valence-electron chi connectivity index (χ1n) is 6.72. The SMILES string of the molecule is CO[C@@H]1[C@@H](OC)[C@H](O)O[C@H](C)[C@@H]1OCc1ccccc1. The zero-order valence-electron chi connectivity index (χ0n) is 12.1. The molecule has 0 aliphatic carbocycles. The third-order valence-corrected chi connectivity index (χ3v) is 3.57. The molecular weight excluding hydrogens is 260 g/mol. The van der Waals surface area contributed by atoms with Gasteiger partial charge in [0.2, 0.25) is 0 Å². The van der Waals surface area contributed by atoms with Gasteiger partial charge in [0, 0.05) is 14.2 Å². The fraction of sp³-hybridized carbons (Fsp3) is 0.600. The topological polar surface area (TPSA) is 57.2 Å². The maximum atomic E-state index is 9.86. The zero-order chi connectivity index (χ0) is 14.5. The monoisotopic (exact) mass is 282 g/mol. The molecule has 0 spiro atoms. The van der Waals surface area contributed by atoms with Gasteiger partial charge in [-0.25, -0.2) is 0 Å². The van der Waals surface area contributed by atoms with Crippen molar-refractivity contribution in [3.63, 3.8) is 0 Å². The van der Waals surface area contributed by atoms with Crippen molar-refractivity contribution in [3.8, 4) is 0 Å². The number of rotatable bonds is 5. The number of aliphatic hydroxyl groups is 1. The van der Waals surface area contributed by atoms with Crippen LogP contribution in [-0.2, 0) is 25.6 Å². The molecule has 20 heavy (non-hydrogen) atoms. The van der Waals surface area contributed by atoms with E-state index in [4.69, 9.17) is 18.9 Å². The highest BCUT2D eigenvalue weighted by atomic mass is 16.7. The number of methoxy groups -OCH3 is 2. The van der Waals surface area contributed by atoms with Gasteiger partial charge in [0.05, 0.1) is 12.7 Å². The van der Waals surface area contributed by atoms with Crippen LogP contribution in [0, 0.1) is 0 Å². The molecule has 1 aromatic rings. The highest BCUT2D eigenvalue weighted by Crippen LogP contribution is 2.26. The highest BCUT2D eigenvalue weighted by Gasteiger charge is 2.45. The fourth-order valence-corrected chi connectivity index (χ4v) is 2.51. The molecular formula is C15H22O5. The van der Waals surface area contributed by atoms with Crippen molar-refractivity contribution < 1.29 is 24.1 Å². The second kappa shape index (κ2) is 7.15. The lowest BCUT2D eigenvalue weighted by molar-refractivity contribution is -0.296. The van der Waals surface area contributed by atoms with E-state index in [-0.39, 0.29) is 18.3 Å². The fourth-order valence-electron chi connectivity index (χ4n) is 2.51. The molecule has 5 heteroatoms. The minimum atomic E-state index is -1.00. The summed E-state index contributed by atoms with van der Waals surface area (Å²) >= 11 is 0. The summed E-state index contributed by atoms with van der Waals surface area (Å²) in [5.41, 5.74) is 1.08. The summed E-state index contributed by atoms with van der Waals surface area (Å²) < 4.78 is 22.1. The van der Waals surface area contributed by atoms with Crippen LogP contribution in [0.3, 0.4) is 0 Å². The number of ether oxygens (including phenoxy) is 4. The quantitative estimate of drug-likeness (QED) is 0.883. The Balaban J connectivity index is 2.03. The summed E-state index contributed by atoms with van der Waals surface area (Å²) in [7, 11) is 3.10. The van der Waals surface area contributed by atoms with Crippen molar-refractivity contribution >= 4 is 0 Å². The van der Waals surface area contributed by atoms with Crippen LogP contribution in [0.5, 0.6) is 0 Å². The Bertz CT molecular complexity index is 397. The molecule has 0 unspecified atom stereocenters. The van der Waals surface area contributed by atoms with E-state index in [9.17, 15) is 5.11 Å². The maximum absolute atomic E-state index is 9.86. The van der Waals surface area contributed by atoms with Crippen molar-refractivity contribution in [1.82, 2.24) is 0 Å². The first-order valence-corrected chi connectivity index (χ1v) is 6.72. The lowest BCUT2D eigenvalue weighted by Gasteiger charge is -2.42. The minimum Gasteiger partial charge on any atom is -0.376 e. The first kappa shape index (κ1) is 15.4. The standard InChI is InChI=1S/C15H22O5/c1-10-12(19-9-11-7-5-4-6-8-11)13(17-2)14(18-3)15(16)20-10/h4-8,10,12-16H,9H2,1-3H3/t10-,12+,13+,14-,15-/m1/s1. The Morgan fingerprint density at radius 1 is 1.05 bits per heavy atom. The van der Waals surface area contributed by atoms with Crippen molar-refractivity contribution in [1.29, 1.82) is 0 Å². The predicted molar refractivity (Wildman–Crippen MR) is 73.2 cm³/mol. The third kappa shape index (κ3) is 3.37. The van der Waals surface area contributed by atoms with Gasteiger partial charge < -0.3 is 24.1 Å². The normalized spacial score (nSPS) is 34.1. The van der Waals surface area contributed by atoms with Crippen LogP contribution in [0.1, 0.15) is 12.5 Å². The molecule has 1 heterocycles. The molecule has 1 N–H and O–H groups in total. The smallest absolute Gasteiger partial charge is 0.184 e. The van der Waals surface area contributed by atoms with E-state index in [1.165, 1.54) is 7.11 Å². The van der Waals surface area contributed by atoms with Crippen molar-refractivity contribution in [2.24, 2.45) is 0 Å². The van der Waals surface area contributed by atoms with Gasteiger partial charge in [0.1, 0.15) is 18.3 Å². The second-order valence-corrected chi connectivity index (χ2v) is 4.89. The highest BCUT2D eigenvalue weighted by molar-refractivity contribution is 5.13. The molecule has 1 aromatic carbocycles. The Morgan fingerprint density at radius 2 is 1.70 bits per heavy atom. The van der Waals surface area contributed by atoms with E-state index >= 15 is 0 Å². The summed E-state index contributed by atoms with van der Waals surface area (Å²) in [5, 5.41) is 9.86.